The molecule has 0 fully saturated rings. The molecule has 0 aliphatic heterocycles. The highest BCUT2D eigenvalue weighted by molar-refractivity contribution is 7.22. The molecule has 9 aromatic rings. The third kappa shape index (κ3) is 15.2. The number of ether oxygens (including phenoxy) is 8. The molecule has 90 heavy (non-hydrogen) atoms. The summed E-state index contributed by atoms with van der Waals surface area (Å²) in [4.78, 5) is 25.7. The van der Waals surface area contributed by atoms with Gasteiger partial charge in [0.05, 0.1) is 49.5 Å². The third-order valence-electron chi connectivity index (χ3n) is 15.9. The summed E-state index contributed by atoms with van der Waals surface area (Å²) in [6, 6.07) is 47.2. The number of fused-ring (bicyclic) bond motifs is 1. The van der Waals surface area contributed by atoms with Crippen LogP contribution in [0.5, 0.6) is 34.6 Å². The minimum Gasteiger partial charge on any atom is -0.543 e. The highest BCUT2D eigenvalue weighted by atomic mass is 35.5. The Hall–Kier alpha value is -7.76. The molecule has 17 heteroatoms. The standard InChI is InChI=1S/C73H77Cl2FN2O10SSi/c1-14-39-82-43-58(44-84-73(51-23-19-16-20-24-51,52-27-33-55(80-10)34-28-52)53-29-35-56(81-11)36-30-53)85-66-64(74)46(2)61(47(3)65(66)75)62-63-68(77-45-78-69(63)89-67(62)49-25-31-54(76)32-26-49)86-60(70(79)87-71(4,5)6)41-50-40-57(88-90(12,13)72(7,8)9)37-38-59(50)83-42-48-21-17-15-18-22-48/h14-38,40,45,58,60H,1,39,41-44H2,2-13H3/t58-,60-/m1/s1. The van der Waals surface area contributed by atoms with Gasteiger partial charge >= 0.3 is 5.97 Å². The summed E-state index contributed by atoms with van der Waals surface area (Å²) in [6.07, 6.45) is 0.924. The second kappa shape index (κ2) is 28.6. The van der Waals surface area contributed by atoms with E-state index in [0.717, 1.165) is 22.3 Å². The minimum atomic E-state index is -2.35. The van der Waals surface area contributed by atoms with Crippen LogP contribution in [0.15, 0.2) is 171 Å². The molecule has 0 bridgehead atoms. The highest BCUT2D eigenvalue weighted by Gasteiger charge is 2.41. The molecule has 0 saturated heterocycles. The Morgan fingerprint density at radius 2 is 1.29 bits per heavy atom. The Kier molecular flexibility index (Phi) is 21.2. The topological polar surface area (TPSA) is 126 Å². The third-order valence-corrected chi connectivity index (χ3v) is 22.3. The lowest BCUT2D eigenvalue weighted by atomic mass is 9.80. The number of esters is 1. The maximum Gasteiger partial charge on any atom is 0.348 e. The van der Waals surface area contributed by atoms with Crippen molar-refractivity contribution in [2.75, 3.05) is 34.0 Å². The minimum absolute atomic E-state index is 0.0146. The van der Waals surface area contributed by atoms with E-state index in [1.54, 1.807) is 53.2 Å². The van der Waals surface area contributed by atoms with Crippen LogP contribution in [0.3, 0.4) is 0 Å². The van der Waals surface area contributed by atoms with Crippen LogP contribution >= 0.6 is 34.5 Å². The number of thiophene rings is 1. The first-order valence-electron chi connectivity index (χ1n) is 29.7. The molecule has 12 nitrogen and oxygen atoms in total. The smallest absolute Gasteiger partial charge is 0.348 e. The van der Waals surface area contributed by atoms with Crippen molar-refractivity contribution in [2.45, 2.75) is 110 Å². The number of benzene rings is 7. The van der Waals surface area contributed by atoms with Gasteiger partial charge in [-0.15, -0.1) is 17.9 Å². The largest absolute Gasteiger partial charge is 0.543 e. The summed E-state index contributed by atoms with van der Waals surface area (Å²) in [6.45, 7) is 24.5. The lowest BCUT2D eigenvalue weighted by Crippen LogP contribution is -2.43. The van der Waals surface area contributed by atoms with E-state index in [-0.39, 0.29) is 59.6 Å². The number of halogens is 3. The summed E-state index contributed by atoms with van der Waals surface area (Å²) in [5, 5.41) is 0.752. The molecule has 0 spiro atoms. The van der Waals surface area contributed by atoms with Crippen LogP contribution in [0.2, 0.25) is 28.2 Å². The molecule has 0 amide bonds. The molecule has 2 aromatic heterocycles. The van der Waals surface area contributed by atoms with E-state index in [0.29, 0.717) is 71.5 Å². The zero-order chi connectivity index (χ0) is 64.5. The van der Waals surface area contributed by atoms with Gasteiger partial charge in [0.15, 0.2) is 5.75 Å². The van der Waals surface area contributed by atoms with E-state index in [2.05, 4.69) is 40.4 Å². The first-order chi connectivity index (χ1) is 42.9. The van der Waals surface area contributed by atoms with Crippen LogP contribution in [0.4, 0.5) is 4.39 Å². The van der Waals surface area contributed by atoms with E-state index >= 15 is 0 Å². The number of rotatable bonds is 26. The summed E-state index contributed by atoms with van der Waals surface area (Å²) < 4.78 is 73.2. The number of carbonyl (C=O) groups is 1. The lowest BCUT2D eigenvalue weighted by Gasteiger charge is -2.37. The van der Waals surface area contributed by atoms with E-state index in [9.17, 15) is 9.18 Å². The summed E-state index contributed by atoms with van der Waals surface area (Å²) >= 11 is 16.7. The van der Waals surface area contributed by atoms with E-state index in [1.165, 1.54) is 29.8 Å². The van der Waals surface area contributed by atoms with Gasteiger partial charge in [-0.25, -0.2) is 19.2 Å². The SMILES string of the molecule is C=CCOC[C@H](COC(c1ccccc1)(c1ccc(OC)cc1)c1ccc(OC)cc1)Oc1c(Cl)c(C)c(-c2c(-c3ccc(F)cc3)sc3ncnc(O[C@H](Cc4cc(O[Si](C)(C)C(C)(C)C)ccc4OCc4ccccc4)C(=O)OC(C)(C)C)c23)c(C)c1Cl. The van der Waals surface area contributed by atoms with E-state index in [1.807, 2.05) is 141 Å². The maximum atomic E-state index is 14.9. The average molecular weight is 1290 g/mol. The van der Waals surface area contributed by atoms with Crippen LogP contribution in [0, 0.1) is 19.7 Å². The molecule has 2 heterocycles. The molecule has 0 aliphatic rings. The van der Waals surface area contributed by atoms with Crippen molar-refractivity contribution in [1.29, 1.82) is 0 Å². The number of hydrogen-bond donors (Lipinski definition) is 0. The van der Waals surface area contributed by atoms with Crippen LogP contribution in [-0.2, 0) is 37.6 Å². The molecular formula is C73H77Cl2FN2O10SSi. The van der Waals surface area contributed by atoms with Gasteiger partial charge < -0.3 is 42.3 Å². The van der Waals surface area contributed by atoms with Crippen LogP contribution in [0.25, 0.3) is 31.8 Å². The molecule has 0 saturated carbocycles. The van der Waals surface area contributed by atoms with Gasteiger partial charge in [0.25, 0.3) is 0 Å². The van der Waals surface area contributed by atoms with Crippen molar-refractivity contribution in [1.82, 2.24) is 9.97 Å². The quantitative estimate of drug-likeness (QED) is 0.0168. The second-order valence-electron chi connectivity index (χ2n) is 24.4. The fourth-order valence-electron chi connectivity index (χ4n) is 10.3. The first kappa shape index (κ1) is 66.7. The number of nitrogens with zero attached hydrogens (tertiary/aromatic N) is 2. The zero-order valence-electron chi connectivity index (χ0n) is 53.0. The van der Waals surface area contributed by atoms with Gasteiger partial charge in [0, 0.05) is 22.4 Å². The Morgan fingerprint density at radius 3 is 1.86 bits per heavy atom. The molecule has 7 aromatic carbocycles. The van der Waals surface area contributed by atoms with Gasteiger partial charge in [0.1, 0.15) is 63.9 Å². The van der Waals surface area contributed by atoms with Crippen LogP contribution in [-0.4, -0.2) is 76.1 Å². The summed E-state index contributed by atoms with van der Waals surface area (Å²) in [5.41, 5.74) is 5.01. The van der Waals surface area contributed by atoms with Gasteiger partial charge in [-0.1, -0.05) is 147 Å². The monoisotopic (exact) mass is 1290 g/mol. The molecule has 0 radical (unpaired) electrons. The Bertz CT molecular complexity index is 3860. The molecule has 9 rings (SSSR count). The van der Waals surface area contributed by atoms with Gasteiger partial charge in [-0.3, -0.25) is 0 Å². The number of methoxy groups -OCH3 is 2. The van der Waals surface area contributed by atoms with Gasteiger partial charge in [0.2, 0.25) is 20.3 Å². The van der Waals surface area contributed by atoms with Crippen molar-refractivity contribution < 1.29 is 51.5 Å². The highest BCUT2D eigenvalue weighted by Crippen LogP contribution is 2.53. The maximum absolute atomic E-state index is 14.9. The van der Waals surface area contributed by atoms with Crippen molar-refractivity contribution in [3.05, 3.63) is 225 Å². The van der Waals surface area contributed by atoms with Crippen molar-refractivity contribution in [3.63, 3.8) is 0 Å². The summed E-state index contributed by atoms with van der Waals surface area (Å²) in [5.74, 6) is 1.74. The molecule has 0 aliphatic carbocycles. The van der Waals surface area contributed by atoms with Crippen molar-refractivity contribution in [3.8, 4) is 56.2 Å². The van der Waals surface area contributed by atoms with Crippen LogP contribution < -0.4 is 28.1 Å². The van der Waals surface area contributed by atoms with Gasteiger partial charge in [-0.05, 0) is 152 Å². The lowest BCUT2D eigenvalue weighted by molar-refractivity contribution is -0.163. The molecule has 0 N–H and O–H groups in total. The number of carbonyl (C=O) groups excluding carboxylic acids is 1. The Labute approximate surface area is 542 Å². The Morgan fingerprint density at radius 1 is 0.711 bits per heavy atom. The molecule has 470 valence electrons. The molecular weight excluding hydrogens is 1210 g/mol. The average Bonchev–Trinajstić information content (AvgIpc) is 1.42. The molecule has 2 atom stereocenters. The zero-order valence-corrected chi connectivity index (χ0v) is 56.3. The van der Waals surface area contributed by atoms with Gasteiger partial charge in [-0.2, -0.15) is 0 Å². The Balaban J connectivity index is 1.16. The predicted octanol–water partition coefficient (Wildman–Crippen LogP) is 18.4. The number of hydrogen-bond acceptors (Lipinski definition) is 13. The van der Waals surface area contributed by atoms with Crippen LogP contribution in [0.1, 0.15) is 80.5 Å². The normalized spacial score (nSPS) is 12.7. The summed E-state index contributed by atoms with van der Waals surface area (Å²) in [7, 11) is 0.908. The van der Waals surface area contributed by atoms with Crippen molar-refractivity contribution in [2.24, 2.45) is 0 Å². The second-order valence-corrected chi connectivity index (χ2v) is 30.9. The predicted molar refractivity (Wildman–Crippen MR) is 360 cm³/mol. The first-order valence-corrected chi connectivity index (χ1v) is 34.2. The fourth-order valence-corrected chi connectivity index (χ4v) is 13.0. The number of aromatic nitrogens is 2. The molecule has 0 unspecified atom stereocenters. The fraction of sp³-hybridized carbons (Fsp3) is 0.301. The van der Waals surface area contributed by atoms with E-state index in [4.69, 9.17) is 75.5 Å². The van der Waals surface area contributed by atoms with E-state index < -0.39 is 43.5 Å². The van der Waals surface area contributed by atoms with Crippen molar-refractivity contribution >= 4 is 59.0 Å².